The Morgan fingerprint density at radius 1 is 1.09 bits per heavy atom. The molecule has 2 aromatic carbocycles. The molecule has 0 atom stereocenters. The normalized spacial score (nSPS) is 18.9. The summed E-state index contributed by atoms with van der Waals surface area (Å²) in [5, 5.41) is 9.52. The zero-order chi connectivity index (χ0) is 23.6. The molecule has 2 fully saturated rings. The molecular formula is C26H30F2N2O3. The van der Waals surface area contributed by atoms with Gasteiger partial charge in [0.25, 0.3) is 5.92 Å². The second kappa shape index (κ2) is 9.51. The van der Waals surface area contributed by atoms with Gasteiger partial charge in [-0.05, 0) is 56.0 Å². The number of carboxylic acids is 1. The number of alkyl halides is 2. The van der Waals surface area contributed by atoms with Crippen molar-refractivity contribution in [2.24, 2.45) is 0 Å². The second-order valence-electron chi connectivity index (χ2n) is 9.05. The van der Waals surface area contributed by atoms with Crippen molar-refractivity contribution in [2.75, 3.05) is 13.1 Å². The van der Waals surface area contributed by atoms with Crippen LogP contribution in [0.5, 0.6) is 5.75 Å². The van der Waals surface area contributed by atoms with Crippen molar-refractivity contribution in [3.05, 3.63) is 65.4 Å². The number of aromatic carboxylic acids is 1. The molecule has 33 heavy (non-hydrogen) atoms. The number of nitrogens with zero attached hydrogens (tertiary/aromatic N) is 1. The van der Waals surface area contributed by atoms with E-state index >= 15 is 0 Å². The molecule has 2 heterocycles. The Morgan fingerprint density at radius 3 is 2.33 bits per heavy atom. The number of halogens is 2. The Kier molecular flexibility index (Phi) is 6.70. The molecule has 0 radical (unpaired) electrons. The van der Waals surface area contributed by atoms with Gasteiger partial charge in [0.15, 0.2) is 0 Å². The van der Waals surface area contributed by atoms with Crippen molar-refractivity contribution in [3.8, 4) is 5.75 Å². The first-order valence-corrected chi connectivity index (χ1v) is 11.4. The molecule has 2 N–H and O–H groups in total. The number of benzene rings is 2. The summed E-state index contributed by atoms with van der Waals surface area (Å²) in [5.41, 5.74) is 3.84. The van der Waals surface area contributed by atoms with Gasteiger partial charge >= 0.3 is 5.97 Å². The molecule has 0 spiro atoms. The molecule has 5 rings (SSSR count). The molecule has 0 unspecified atom stereocenters. The summed E-state index contributed by atoms with van der Waals surface area (Å²) in [7, 11) is 0. The summed E-state index contributed by atoms with van der Waals surface area (Å²) < 4.78 is 32.4. The predicted octanol–water partition coefficient (Wildman–Crippen LogP) is 5.81. The summed E-state index contributed by atoms with van der Waals surface area (Å²) in [5.74, 6) is -2.35. The van der Waals surface area contributed by atoms with Crippen LogP contribution in [-0.4, -0.2) is 52.1 Å². The van der Waals surface area contributed by atoms with Crippen LogP contribution >= 0.6 is 0 Å². The van der Waals surface area contributed by atoms with Crippen molar-refractivity contribution in [1.82, 2.24) is 9.88 Å². The number of carbonyl (C=O) groups is 1. The Labute approximate surface area is 192 Å². The van der Waals surface area contributed by atoms with Crippen molar-refractivity contribution >= 4 is 16.9 Å². The van der Waals surface area contributed by atoms with Gasteiger partial charge in [0, 0.05) is 43.6 Å². The van der Waals surface area contributed by atoms with E-state index in [1.165, 1.54) is 5.56 Å². The molecule has 0 bridgehead atoms. The maximum atomic E-state index is 13.0. The fraction of sp³-hybridized carbons (Fsp3) is 0.423. The average molecular weight is 457 g/mol. The zero-order valence-electron chi connectivity index (χ0n) is 19.0. The van der Waals surface area contributed by atoms with E-state index in [1.807, 2.05) is 6.20 Å². The number of carboxylic acid groups (broad SMARTS) is 1. The van der Waals surface area contributed by atoms with Gasteiger partial charge in [-0.15, -0.1) is 0 Å². The number of aryl methyl sites for hydroxylation is 2. The van der Waals surface area contributed by atoms with Gasteiger partial charge in [-0.25, -0.2) is 13.6 Å². The molecule has 2 aliphatic rings. The first kappa shape index (κ1) is 23.2. The van der Waals surface area contributed by atoms with Crippen molar-refractivity contribution < 1.29 is 23.4 Å². The van der Waals surface area contributed by atoms with Gasteiger partial charge in [0.05, 0.1) is 11.1 Å². The van der Waals surface area contributed by atoms with Gasteiger partial charge in [-0.2, -0.15) is 0 Å². The van der Waals surface area contributed by atoms with Crippen molar-refractivity contribution in [1.29, 1.82) is 0 Å². The highest BCUT2D eigenvalue weighted by atomic mass is 19.3. The summed E-state index contributed by atoms with van der Waals surface area (Å²) >= 11 is 0. The van der Waals surface area contributed by atoms with E-state index in [1.54, 1.807) is 30.3 Å². The monoisotopic (exact) mass is 456 g/mol. The fourth-order valence-electron chi connectivity index (χ4n) is 4.71. The zero-order valence-corrected chi connectivity index (χ0v) is 19.0. The summed E-state index contributed by atoms with van der Waals surface area (Å²) in [4.78, 5) is 15.7. The average Bonchev–Trinajstić information content (AvgIpc) is 3.27. The predicted molar refractivity (Wildman–Crippen MR) is 124 cm³/mol. The second-order valence-corrected chi connectivity index (χ2v) is 9.05. The lowest BCUT2D eigenvalue weighted by Gasteiger charge is -2.45. The van der Waals surface area contributed by atoms with Crippen LogP contribution in [0.4, 0.5) is 8.78 Å². The third-order valence-electron chi connectivity index (χ3n) is 6.54. The summed E-state index contributed by atoms with van der Waals surface area (Å²) in [6.07, 6.45) is 3.98. The lowest BCUT2D eigenvalue weighted by Crippen LogP contribution is -2.53. The molecule has 176 valence electrons. The first-order chi connectivity index (χ1) is 15.7. The highest BCUT2D eigenvalue weighted by Crippen LogP contribution is 2.41. The molecule has 0 amide bonds. The number of rotatable bonds is 4. The van der Waals surface area contributed by atoms with Crippen LogP contribution in [0.1, 0.15) is 47.2 Å². The highest BCUT2D eigenvalue weighted by Gasteiger charge is 2.48. The third kappa shape index (κ3) is 5.36. The minimum atomic E-state index is -2.43. The van der Waals surface area contributed by atoms with Gasteiger partial charge in [0.1, 0.15) is 11.9 Å². The van der Waals surface area contributed by atoms with Crippen LogP contribution in [0, 0.1) is 13.8 Å². The quantitative estimate of drug-likeness (QED) is 0.520. The number of H-pyrrole nitrogens is 1. The Balaban J connectivity index is 0.000000243. The molecule has 3 aromatic rings. The van der Waals surface area contributed by atoms with E-state index in [0.717, 1.165) is 48.1 Å². The van der Waals surface area contributed by atoms with E-state index in [2.05, 4.69) is 35.9 Å². The minimum Gasteiger partial charge on any atom is -0.489 e. The molecule has 1 aliphatic carbocycles. The molecule has 1 aliphatic heterocycles. The number of aromatic amines is 1. The Bertz CT molecular complexity index is 1100. The highest BCUT2D eigenvalue weighted by molar-refractivity contribution is 5.89. The van der Waals surface area contributed by atoms with Crippen LogP contribution in [-0.2, 0) is 0 Å². The van der Waals surface area contributed by atoms with Crippen LogP contribution in [0.2, 0.25) is 0 Å². The van der Waals surface area contributed by atoms with Crippen molar-refractivity contribution in [2.45, 2.75) is 57.6 Å². The van der Waals surface area contributed by atoms with Crippen LogP contribution < -0.4 is 4.74 Å². The van der Waals surface area contributed by atoms with E-state index < -0.39 is 11.9 Å². The van der Waals surface area contributed by atoms with Gasteiger partial charge < -0.3 is 14.8 Å². The minimum absolute atomic E-state index is 0.0273. The lowest BCUT2D eigenvalue weighted by molar-refractivity contribution is -0.129. The number of piperidine rings is 1. The van der Waals surface area contributed by atoms with Gasteiger partial charge in [0.2, 0.25) is 0 Å². The Morgan fingerprint density at radius 2 is 1.76 bits per heavy atom. The first-order valence-electron chi connectivity index (χ1n) is 11.4. The third-order valence-corrected chi connectivity index (χ3v) is 6.54. The fourth-order valence-corrected chi connectivity index (χ4v) is 4.71. The number of aromatic nitrogens is 1. The summed E-state index contributed by atoms with van der Waals surface area (Å²) in [6.45, 7) is 5.89. The van der Waals surface area contributed by atoms with Crippen LogP contribution in [0.25, 0.3) is 10.9 Å². The van der Waals surface area contributed by atoms with Crippen molar-refractivity contribution in [3.63, 3.8) is 0 Å². The standard InChI is InChI=1S/C19H24F2N2O.C7H6O2/c1-12-9-13(2)18(16-3-6-22-17(12)16)24-15-4-7-23(8-5-15)14-10-19(20,21)11-14;8-7(9)6-4-2-1-3-5-6/h3,6,9,14-15,22H,4-5,7-8,10-11H2,1-2H3;1-5H,(H,8,9). The molecule has 1 aromatic heterocycles. The Hall–Kier alpha value is -2.93. The molecule has 7 heteroatoms. The van der Waals surface area contributed by atoms with E-state index in [0.29, 0.717) is 5.56 Å². The maximum Gasteiger partial charge on any atom is 0.335 e. The number of likely N-dealkylation sites (tertiary alicyclic amines) is 1. The van der Waals surface area contributed by atoms with Crippen LogP contribution in [0.15, 0.2) is 48.7 Å². The molecule has 5 nitrogen and oxygen atoms in total. The number of nitrogens with one attached hydrogen (secondary N) is 1. The van der Waals surface area contributed by atoms with Gasteiger partial charge in [-0.1, -0.05) is 24.3 Å². The SMILES string of the molecule is Cc1cc(C)c2[nH]ccc2c1OC1CCN(C2CC(F)(F)C2)CC1.O=C(O)c1ccccc1. The molecule has 1 saturated heterocycles. The number of ether oxygens (including phenoxy) is 1. The van der Waals surface area contributed by atoms with Gasteiger partial charge in [-0.3, -0.25) is 4.90 Å². The summed E-state index contributed by atoms with van der Waals surface area (Å²) in [6, 6.07) is 12.6. The van der Waals surface area contributed by atoms with Crippen LogP contribution in [0.3, 0.4) is 0 Å². The largest absolute Gasteiger partial charge is 0.489 e. The molecular weight excluding hydrogens is 426 g/mol. The lowest BCUT2D eigenvalue weighted by atomic mass is 9.85. The van der Waals surface area contributed by atoms with E-state index in [9.17, 15) is 13.6 Å². The topological polar surface area (TPSA) is 65.6 Å². The molecule has 1 saturated carbocycles. The maximum absolute atomic E-state index is 13.0. The van der Waals surface area contributed by atoms with E-state index in [4.69, 9.17) is 9.84 Å². The number of fused-ring (bicyclic) bond motifs is 1. The smallest absolute Gasteiger partial charge is 0.335 e. The number of hydrogen-bond acceptors (Lipinski definition) is 3. The van der Waals surface area contributed by atoms with E-state index in [-0.39, 0.29) is 25.0 Å². The number of hydrogen-bond donors (Lipinski definition) is 2.